The minimum atomic E-state index is 0.413. The summed E-state index contributed by atoms with van der Waals surface area (Å²) >= 11 is 0. The number of benzene rings is 2. The second-order valence-electron chi connectivity index (χ2n) is 6.31. The van der Waals surface area contributed by atoms with Gasteiger partial charge >= 0.3 is 0 Å². The molecule has 2 aromatic rings. The molecule has 0 amide bonds. The summed E-state index contributed by atoms with van der Waals surface area (Å²) in [6.07, 6.45) is 4.75. The van der Waals surface area contributed by atoms with E-state index in [-0.39, 0.29) is 0 Å². The van der Waals surface area contributed by atoms with E-state index < -0.39 is 0 Å². The summed E-state index contributed by atoms with van der Waals surface area (Å²) < 4.78 is 0. The van der Waals surface area contributed by atoms with Gasteiger partial charge in [0.15, 0.2) is 0 Å². The summed E-state index contributed by atoms with van der Waals surface area (Å²) in [6, 6.07) is 15.7. The van der Waals surface area contributed by atoms with Crippen LogP contribution in [0.1, 0.15) is 56.6 Å². The Bertz CT molecular complexity index is 608. The molecule has 1 aliphatic rings. The monoisotopic (exact) mass is 310 g/mol. The number of aryl methyl sites for hydroxylation is 1. The second kappa shape index (κ2) is 8.16. The SMILES string of the molecule is CC.Cc1ccc(-c2ccc(C3CCC(N)CC3)cc2)cc1N. The van der Waals surface area contributed by atoms with E-state index in [1.54, 1.807) is 0 Å². The molecule has 1 fully saturated rings. The molecule has 2 heteroatoms. The standard InChI is InChI=1S/C19H24N2.C2H6/c1-13-2-3-17(12-19(13)21)16-6-4-14(5-7-16)15-8-10-18(20)11-9-15;1-2/h2-7,12,15,18H,8-11,20-21H2,1H3;1-2H3. The number of nitrogens with two attached hydrogens (primary N) is 2. The number of anilines is 1. The van der Waals surface area contributed by atoms with E-state index >= 15 is 0 Å². The fourth-order valence-electron chi connectivity index (χ4n) is 3.22. The molecule has 0 spiro atoms. The van der Waals surface area contributed by atoms with Crippen LogP contribution in [0.5, 0.6) is 0 Å². The van der Waals surface area contributed by atoms with E-state index in [1.807, 2.05) is 20.8 Å². The molecule has 23 heavy (non-hydrogen) atoms. The highest BCUT2D eigenvalue weighted by Crippen LogP contribution is 2.33. The molecule has 0 bridgehead atoms. The van der Waals surface area contributed by atoms with Gasteiger partial charge in [0.2, 0.25) is 0 Å². The molecule has 0 saturated heterocycles. The molecule has 0 aromatic heterocycles. The quantitative estimate of drug-likeness (QED) is 0.744. The molecule has 1 saturated carbocycles. The molecular weight excluding hydrogens is 280 g/mol. The third-order valence-electron chi connectivity index (χ3n) is 4.77. The fourth-order valence-corrected chi connectivity index (χ4v) is 3.22. The molecule has 124 valence electrons. The van der Waals surface area contributed by atoms with Crippen molar-refractivity contribution >= 4 is 5.69 Å². The van der Waals surface area contributed by atoms with Gasteiger partial charge in [-0.2, -0.15) is 0 Å². The molecule has 0 radical (unpaired) electrons. The van der Waals surface area contributed by atoms with E-state index in [9.17, 15) is 0 Å². The van der Waals surface area contributed by atoms with Crippen molar-refractivity contribution in [2.24, 2.45) is 5.73 Å². The normalized spacial score (nSPS) is 20.5. The second-order valence-corrected chi connectivity index (χ2v) is 6.31. The summed E-state index contributed by atoms with van der Waals surface area (Å²) in [4.78, 5) is 0. The average molecular weight is 310 g/mol. The summed E-state index contributed by atoms with van der Waals surface area (Å²) in [5, 5.41) is 0. The average Bonchev–Trinajstić information content (AvgIpc) is 2.60. The predicted octanol–water partition coefficient (Wildman–Crippen LogP) is 5.26. The van der Waals surface area contributed by atoms with Gasteiger partial charge in [0.25, 0.3) is 0 Å². The fraction of sp³-hybridized carbons (Fsp3) is 0.429. The van der Waals surface area contributed by atoms with Crippen molar-refractivity contribution < 1.29 is 0 Å². The Kier molecular flexibility index (Phi) is 6.23. The van der Waals surface area contributed by atoms with E-state index in [0.717, 1.165) is 24.1 Å². The molecule has 0 heterocycles. The van der Waals surface area contributed by atoms with Crippen molar-refractivity contribution in [3.8, 4) is 11.1 Å². The molecule has 4 N–H and O–H groups in total. The van der Waals surface area contributed by atoms with E-state index in [4.69, 9.17) is 11.5 Å². The summed E-state index contributed by atoms with van der Waals surface area (Å²) in [5.41, 5.74) is 17.9. The molecule has 0 aliphatic heterocycles. The highest BCUT2D eigenvalue weighted by atomic mass is 14.6. The zero-order chi connectivity index (χ0) is 16.8. The maximum Gasteiger partial charge on any atom is 0.0349 e. The van der Waals surface area contributed by atoms with Crippen molar-refractivity contribution in [3.63, 3.8) is 0 Å². The van der Waals surface area contributed by atoms with E-state index in [0.29, 0.717) is 12.0 Å². The van der Waals surface area contributed by atoms with Gasteiger partial charge in [0.05, 0.1) is 0 Å². The van der Waals surface area contributed by atoms with E-state index in [1.165, 1.54) is 29.5 Å². The van der Waals surface area contributed by atoms with Crippen LogP contribution in [0, 0.1) is 6.92 Å². The van der Waals surface area contributed by atoms with Crippen LogP contribution in [-0.4, -0.2) is 6.04 Å². The van der Waals surface area contributed by atoms with Crippen molar-refractivity contribution in [3.05, 3.63) is 53.6 Å². The Morgan fingerprint density at radius 3 is 1.96 bits per heavy atom. The zero-order valence-corrected chi connectivity index (χ0v) is 14.7. The van der Waals surface area contributed by atoms with Gasteiger partial charge in [-0.3, -0.25) is 0 Å². The number of rotatable bonds is 2. The lowest BCUT2D eigenvalue weighted by molar-refractivity contribution is 0.395. The van der Waals surface area contributed by atoms with Gasteiger partial charge in [-0.1, -0.05) is 50.2 Å². The van der Waals surface area contributed by atoms with Crippen LogP contribution in [0.3, 0.4) is 0 Å². The molecule has 0 unspecified atom stereocenters. The highest BCUT2D eigenvalue weighted by molar-refractivity contribution is 5.69. The van der Waals surface area contributed by atoms with Gasteiger partial charge < -0.3 is 11.5 Å². The van der Waals surface area contributed by atoms with Crippen LogP contribution in [-0.2, 0) is 0 Å². The molecule has 2 aromatic carbocycles. The Morgan fingerprint density at radius 1 is 0.826 bits per heavy atom. The van der Waals surface area contributed by atoms with Gasteiger partial charge in [0.1, 0.15) is 0 Å². The van der Waals surface area contributed by atoms with Crippen molar-refractivity contribution in [1.29, 1.82) is 0 Å². The first-order valence-electron chi connectivity index (χ1n) is 8.85. The van der Waals surface area contributed by atoms with E-state index in [2.05, 4.69) is 42.5 Å². The lowest BCUT2D eigenvalue weighted by atomic mass is 9.82. The van der Waals surface area contributed by atoms with Crippen LogP contribution in [0.25, 0.3) is 11.1 Å². The lowest BCUT2D eigenvalue weighted by Gasteiger charge is -2.26. The third kappa shape index (κ3) is 4.35. The van der Waals surface area contributed by atoms with Gasteiger partial charge in [-0.15, -0.1) is 0 Å². The minimum absolute atomic E-state index is 0.413. The zero-order valence-electron chi connectivity index (χ0n) is 14.7. The predicted molar refractivity (Wildman–Crippen MR) is 102 cm³/mol. The maximum absolute atomic E-state index is 6.01. The van der Waals surface area contributed by atoms with Crippen LogP contribution >= 0.6 is 0 Å². The molecular formula is C21H30N2. The molecule has 0 atom stereocenters. The van der Waals surface area contributed by atoms with Crippen molar-refractivity contribution in [2.45, 2.75) is 58.4 Å². The van der Waals surface area contributed by atoms with Gasteiger partial charge in [-0.05, 0) is 66.8 Å². The highest BCUT2D eigenvalue weighted by Gasteiger charge is 2.19. The summed E-state index contributed by atoms with van der Waals surface area (Å²) in [5.74, 6) is 0.682. The minimum Gasteiger partial charge on any atom is -0.398 e. The largest absolute Gasteiger partial charge is 0.398 e. The topological polar surface area (TPSA) is 52.0 Å². The van der Waals surface area contributed by atoms with Crippen LogP contribution in [0.4, 0.5) is 5.69 Å². The smallest absolute Gasteiger partial charge is 0.0349 e. The number of hydrogen-bond acceptors (Lipinski definition) is 2. The first kappa shape index (κ1) is 17.6. The first-order chi connectivity index (χ1) is 11.1. The van der Waals surface area contributed by atoms with Crippen LogP contribution in [0.15, 0.2) is 42.5 Å². The number of hydrogen-bond donors (Lipinski definition) is 2. The van der Waals surface area contributed by atoms with Crippen LogP contribution < -0.4 is 11.5 Å². The Labute approximate surface area is 140 Å². The molecule has 3 rings (SSSR count). The molecule has 1 aliphatic carbocycles. The first-order valence-corrected chi connectivity index (χ1v) is 8.85. The van der Waals surface area contributed by atoms with Gasteiger partial charge in [-0.25, -0.2) is 0 Å². The van der Waals surface area contributed by atoms with Crippen molar-refractivity contribution in [1.82, 2.24) is 0 Å². The summed E-state index contributed by atoms with van der Waals surface area (Å²) in [6.45, 7) is 6.04. The lowest BCUT2D eigenvalue weighted by Crippen LogP contribution is -2.25. The third-order valence-corrected chi connectivity index (χ3v) is 4.77. The maximum atomic E-state index is 6.01. The van der Waals surface area contributed by atoms with Crippen LogP contribution in [0.2, 0.25) is 0 Å². The summed E-state index contributed by atoms with van der Waals surface area (Å²) in [7, 11) is 0. The number of nitrogen functional groups attached to an aromatic ring is 1. The Hall–Kier alpha value is -1.80. The van der Waals surface area contributed by atoms with Gasteiger partial charge in [0, 0.05) is 11.7 Å². The molecule has 2 nitrogen and oxygen atoms in total. The Morgan fingerprint density at radius 2 is 1.39 bits per heavy atom. The van der Waals surface area contributed by atoms with Crippen molar-refractivity contribution in [2.75, 3.05) is 5.73 Å². The Balaban J connectivity index is 0.000000924.